The molecule has 0 rings (SSSR count). The molecule has 0 aromatic carbocycles. The number of carbonyl (C=O) groups is 3. The van der Waals surface area contributed by atoms with E-state index in [-0.39, 0.29) is 31.1 Å². The van der Waals surface area contributed by atoms with Gasteiger partial charge in [0.1, 0.15) is 13.2 Å². The molecule has 0 N–H and O–H groups in total. The van der Waals surface area contributed by atoms with Crippen LogP contribution >= 0.6 is 0 Å². The standard InChI is InChI=1S/C71H118O6/c1-4-7-10-13-16-19-22-25-27-29-31-33-34-35-36-38-39-41-43-46-49-52-55-58-61-64-70(73)76-67-68(66-75-69(72)63-60-57-54-51-48-45-24-21-18-15-12-9-6-3)77-71(74)65-62-59-56-53-50-47-44-42-40-37-32-30-28-26-23-20-17-14-11-8-5-2/h7-8,10-11,16-17,19-21,24-28,31-33,35-37,68H,4-6,9,12-15,18,22-23,29-30,34,38-67H2,1-3H3/b10-7-,11-8-,19-16-,20-17-,24-21-,27-25-,28-26-,33-31-,36-35-,37-32-. The third-order valence-electron chi connectivity index (χ3n) is 13.4. The largest absolute Gasteiger partial charge is 0.462 e. The molecule has 0 bridgehead atoms. The van der Waals surface area contributed by atoms with E-state index in [4.69, 9.17) is 14.2 Å². The first-order valence-corrected chi connectivity index (χ1v) is 32.0. The monoisotopic (exact) mass is 1070 g/mol. The van der Waals surface area contributed by atoms with E-state index in [1.807, 2.05) is 0 Å². The Hall–Kier alpha value is -4.19. The van der Waals surface area contributed by atoms with E-state index < -0.39 is 6.10 Å². The van der Waals surface area contributed by atoms with Crippen LogP contribution in [-0.4, -0.2) is 37.2 Å². The fraction of sp³-hybridized carbons (Fsp3) is 0.676. The average molecular weight is 1070 g/mol. The van der Waals surface area contributed by atoms with Gasteiger partial charge in [-0.25, -0.2) is 0 Å². The Bertz CT molecular complexity index is 1600. The summed E-state index contributed by atoms with van der Waals surface area (Å²) in [6, 6.07) is 0. The van der Waals surface area contributed by atoms with Gasteiger partial charge in [-0.05, 0) is 128 Å². The SMILES string of the molecule is CC/C=C\C/C=C\C/C=C\C/C=C\C/C=C\CCCCCCCCCCCC(=O)OCC(COC(=O)CCCCCCC/C=C\CCCCCC)OC(=O)CCCCCCCCCC/C=C\C/C=C\C/C=C\C/C=C\CC. The maximum absolute atomic E-state index is 12.9. The summed E-state index contributed by atoms with van der Waals surface area (Å²) in [4.78, 5) is 38.3. The Labute approximate surface area is 475 Å². The van der Waals surface area contributed by atoms with Crippen LogP contribution in [0.25, 0.3) is 0 Å². The second kappa shape index (κ2) is 64.3. The van der Waals surface area contributed by atoms with Gasteiger partial charge < -0.3 is 14.2 Å². The molecule has 0 aromatic rings. The molecule has 77 heavy (non-hydrogen) atoms. The predicted molar refractivity (Wildman–Crippen MR) is 334 cm³/mol. The molecule has 0 aromatic heterocycles. The van der Waals surface area contributed by atoms with Crippen LogP contribution in [0.15, 0.2) is 122 Å². The second-order valence-electron chi connectivity index (χ2n) is 20.9. The Kier molecular flexibility index (Phi) is 60.8. The minimum atomic E-state index is -0.793. The lowest BCUT2D eigenvalue weighted by atomic mass is 10.1. The smallest absolute Gasteiger partial charge is 0.306 e. The maximum atomic E-state index is 12.9. The van der Waals surface area contributed by atoms with Crippen LogP contribution < -0.4 is 0 Å². The Morgan fingerprint density at radius 2 is 0.506 bits per heavy atom. The second-order valence-corrected chi connectivity index (χ2v) is 20.9. The van der Waals surface area contributed by atoms with Gasteiger partial charge in [0.25, 0.3) is 0 Å². The van der Waals surface area contributed by atoms with Crippen LogP contribution in [0.2, 0.25) is 0 Å². The summed E-state index contributed by atoms with van der Waals surface area (Å²) in [7, 11) is 0. The van der Waals surface area contributed by atoms with Gasteiger partial charge in [0, 0.05) is 19.3 Å². The Morgan fingerprint density at radius 1 is 0.273 bits per heavy atom. The number of ether oxygens (including phenoxy) is 3. The molecular weight excluding hydrogens is 949 g/mol. The molecule has 0 aliphatic carbocycles. The lowest BCUT2D eigenvalue weighted by Crippen LogP contribution is -2.30. The van der Waals surface area contributed by atoms with Crippen LogP contribution in [0.4, 0.5) is 0 Å². The van der Waals surface area contributed by atoms with Crippen molar-refractivity contribution in [2.45, 2.75) is 297 Å². The molecule has 6 nitrogen and oxygen atoms in total. The summed E-state index contributed by atoms with van der Waals surface area (Å²) in [6.07, 6.45) is 89.1. The summed E-state index contributed by atoms with van der Waals surface area (Å²) >= 11 is 0. The van der Waals surface area contributed by atoms with E-state index in [1.165, 1.54) is 116 Å². The van der Waals surface area contributed by atoms with Crippen LogP contribution in [0.3, 0.4) is 0 Å². The van der Waals surface area contributed by atoms with E-state index in [9.17, 15) is 14.4 Å². The van der Waals surface area contributed by atoms with E-state index >= 15 is 0 Å². The topological polar surface area (TPSA) is 78.9 Å². The van der Waals surface area contributed by atoms with Crippen LogP contribution in [0.1, 0.15) is 290 Å². The molecule has 1 unspecified atom stereocenters. The van der Waals surface area contributed by atoms with Gasteiger partial charge in [0.05, 0.1) is 0 Å². The van der Waals surface area contributed by atoms with Gasteiger partial charge in [-0.3, -0.25) is 14.4 Å². The normalized spacial score (nSPS) is 12.9. The minimum Gasteiger partial charge on any atom is -0.462 e. The number of allylic oxidation sites excluding steroid dienone is 20. The molecular formula is C71H118O6. The summed E-state index contributed by atoms with van der Waals surface area (Å²) in [5.74, 6) is -0.906. The molecule has 0 amide bonds. The van der Waals surface area contributed by atoms with Gasteiger partial charge in [-0.15, -0.1) is 0 Å². The highest BCUT2D eigenvalue weighted by Gasteiger charge is 2.19. The molecule has 1 atom stereocenters. The fourth-order valence-corrected chi connectivity index (χ4v) is 8.69. The average Bonchev–Trinajstić information content (AvgIpc) is 3.43. The van der Waals surface area contributed by atoms with E-state index in [1.54, 1.807) is 0 Å². The number of hydrogen-bond acceptors (Lipinski definition) is 6. The van der Waals surface area contributed by atoms with E-state index in [2.05, 4.69) is 142 Å². The molecule has 0 heterocycles. The molecule has 0 aliphatic heterocycles. The zero-order chi connectivity index (χ0) is 55.7. The first-order chi connectivity index (χ1) is 38.0. The number of rotatable bonds is 57. The summed E-state index contributed by atoms with van der Waals surface area (Å²) in [5.41, 5.74) is 0. The molecule has 0 saturated carbocycles. The van der Waals surface area contributed by atoms with Gasteiger partial charge >= 0.3 is 17.9 Å². The van der Waals surface area contributed by atoms with Gasteiger partial charge in [0.2, 0.25) is 0 Å². The zero-order valence-electron chi connectivity index (χ0n) is 50.2. The molecule has 438 valence electrons. The van der Waals surface area contributed by atoms with Crippen LogP contribution in [-0.2, 0) is 28.6 Å². The van der Waals surface area contributed by atoms with Gasteiger partial charge in [0.15, 0.2) is 6.10 Å². The lowest BCUT2D eigenvalue weighted by Gasteiger charge is -2.18. The molecule has 0 aliphatic rings. The summed E-state index contributed by atoms with van der Waals surface area (Å²) < 4.78 is 16.9. The highest BCUT2D eigenvalue weighted by Crippen LogP contribution is 2.15. The Balaban J connectivity index is 4.37. The number of hydrogen-bond donors (Lipinski definition) is 0. The first-order valence-electron chi connectivity index (χ1n) is 32.0. The quantitative estimate of drug-likeness (QED) is 0.0261. The number of carbonyl (C=O) groups excluding carboxylic acids is 3. The molecule has 0 radical (unpaired) electrons. The van der Waals surface area contributed by atoms with E-state index in [0.29, 0.717) is 19.3 Å². The van der Waals surface area contributed by atoms with Crippen molar-refractivity contribution in [1.82, 2.24) is 0 Å². The summed E-state index contributed by atoms with van der Waals surface area (Å²) in [6.45, 7) is 6.39. The Morgan fingerprint density at radius 3 is 0.805 bits per heavy atom. The van der Waals surface area contributed by atoms with Gasteiger partial charge in [-0.1, -0.05) is 264 Å². The van der Waals surface area contributed by atoms with Gasteiger partial charge in [-0.2, -0.15) is 0 Å². The third-order valence-corrected chi connectivity index (χ3v) is 13.4. The predicted octanol–water partition coefficient (Wildman–Crippen LogP) is 22.0. The van der Waals surface area contributed by atoms with E-state index in [0.717, 1.165) is 135 Å². The highest BCUT2D eigenvalue weighted by molar-refractivity contribution is 5.71. The van der Waals surface area contributed by atoms with Crippen molar-refractivity contribution in [1.29, 1.82) is 0 Å². The van der Waals surface area contributed by atoms with Crippen molar-refractivity contribution < 1.29 is 28.6 Å². The molecule has 0 spiro atoms. The lowest BCUT2D eigenvalue weighted by molar-refractivity contribution is -0.167. The van der Waals surface area contributed by atoms with Crippen LogP contribution in [0, 0.1) is 0 Å². The highest BCUT2D eigenvalue weighted by atomic mass is 16.6. The van der Waals surface area contributed by atoms with Crippen molar-refractivity contribution in [2.75, 3.05) is 13.2 Å². The van der Waals surface area contributed by atoms with Crippen LogP contribution in [0.5, 0.6) is 0 Å². The fourth-order valence-electron chi connectivity index (χ4n) is 8.69. The molecule has 0 saturated heterocycles. The first kappa shape index (κ1) is 72.8. The number of esters is 3. The van der Waals surface area contributed by atoms with Crippen molar-refractivity contribution in [3.63, 3.8) is 0 Å². The van der Waals surface area contributed by atoms with Crippen molar-refractivity contribution in [2.24, 2.45) is 0 Å². The third kappa shape index (κ3) is 62.5. The minimum absolute atomic E-state index is 0.0889. The zero-order valence-corrected chi connectivity index (χ0v) is 50.2. The van der Waals surface area contributed by atoms with Crippen molar-refractivity contribution in [3.8, 4) is 0 Å². The van der Waals surface area contributed by atoms with Crippen molar-refractivity contribution in [3.05, 3.63) is 122 Å². The van der Waals surface area contributed by atoms with Crippen molar-refractivity contribution >= 4 is 17.9 Å². The number of unbranched alkanes of at least 4 members (excludes halogenated alkanes) is 26. The molecule has 0 fully saturated rings. The summed E-state index contributed by atoms with van der Waals surface area (Å²) in [5, 5.41) is 0. The maximum Gasteiger partial charge on any atom is 0.306 e. The molecule has 6 heteroatoms.